The Hall–Kier alpha value is -2.66. The van der Waals surface area contributed by atoms with Crippen molar-refractivity contribution in [1.29, 1.82) is 0 Å². The number of benzene rings is 2. The number of hydrogen-bond donors (Lipinski definition) is 2. The second-order valence-electron chi connectivity index (χ2n) is 4.99. The summed E-state index contributed by atoms with van der Waals surface area (Å²) in [6.07, 6.45) is 0. The summed E-state index contributed by atoms with van der Waals surface area (Å²) in [7, 11) is 0. The molecule has 3 N–H and O–H groups in total. The predicted octanol–water partition coefficient (Wildman–Crippen LogP) is 2.70. The molecule has 0 fully saturated rings. The van der Waals surface area contributed by atoms with E-state index in [1.807, 2.05) is 0 Å². The van der Waals surface area contributed by atoms with Crippen LogP contribution in [0.1, 0.15) is 11.3 Å². The molecule has 3 aromatic rings. The topological polar surface area (TPSA) is 68.1 Å². The smallest absolute Gasteiger partial charge is 0.189 e. The number of rotatable bonds is 4. The third-order valence-electron chi connectivity index (χ3n) is 3.37. The molecule has 0 aliphatic heterocycles. The molecular formula is C17H15FN2O2. The van der Waals surface area contributed by atoms with Gasteiger partial charge >= 0.3 is 0 Å². The molecule has 5 heteroatoms. The molecule has 0 bridgehead atoms. The van der Waals surface area contributed by atoms with Gasteiger partial charge in [-0.3, -0.25) is 4.79 Å². The number of hydrogen-bond acceptors (Lipinski definition) is 3. The van der Waals surface area contributed by atoms with Crippen molar-refractivity contribution in [2.45, 2.75) is 13.2 Å². The molecule has 4 nitrogen and oxygen atoms in total. The molecule has 0 amide bonds. The number of nitrogens with one attached hydrogen (secondary N) is 1. The van der Waals surface area contributed by atoms with E-state index >= 15 is 0 Å². The van der Waals surface area contributed by atoms with Gasteiger partial charge in [0.2, 0.25) is 0 Å². The standard InChI is InChI=1S/C17H15FN2O2/c18-12-3-1-2-11(6-12)10-22-14-4-5-16-15(8-14)17(21)7-13(9-19)20-16/h1-8H,9-10,19H2,(H,20,21). The molecule has 0 aliphatic rings. The van der Waals surface area contributed by atoms with E-state index in [0.29, 0.717) is 22.3 Å². The molecule has 0 aliphatic carbocycles. The molecule has 0 unspecified atom stereocenters. The van der Waals surface area contributed by atoms with Crippen molar-refractivity contribution in [3.63, 3.8) is 0 Å². The number of fused-ring (bicyclic) bond motifs is 1. The summed E-state index contributed by atoms with van der Waals surface area (Å²) >= 11 is 0. The molecule has 112 valence electrons. The van der Waals surface area contributed by atoms with E-state index in [2.05, 4.69) is 4.98 Å². The summed E-state index contributed by atoms with van der Waals surface area (Å²) in [6, 6.07) is 12.9. The Bertz CT molecular complexity index is 874. The van der Waals surface area contributed by atoms with Gasteiger partial charge in [0.1, 0.15) is 18.2 Å². The first kappa shape index (κ1) is 14.3. The van der Waals surface area contributed by atoms with Crippen LogP contribution in [0.15, 0.2) is 53.3 Å². The van der Waals surface area contributed by atoms with E-state index in [0.717, 1.165) is 5.56 Å². The van der Waals surface area contributed by atoms with Gasteiger partial charge in [0.05, 0.1) is 0 Å². The lowest BCUT2D eigenvalue weighted by Crippen LogP contribution is -2.08. The summed E-state index contributed by atoms with van der Waals surface area (Å²) in [5.41, 5.74) is 7.56. The van der Waals surface area contributed by atoms with E-state index in [1.54, 1.807) is 30.3 Å². The second-order valence-corrected chi connectivity index (χ2v) is 4.99. The van der Waals surface area contributed by atoms with Crippen LogP contribution in [0.5, 0.6) is 5.75 Å². The van der Waals surface area contributed by atoms with Crippen molar-refractivity contribution in [1.82, 2.24) is 4.98 Å². The number of aromatic amines is 1. The van der Waals surface area contributed by atoms with Crippen molar-refractivity contribution in [3.05, 3.63) is 75.8 Å². The lowest BCUT2D eigenvalue weighted by molar-refractivity contribution is 0.306. The van der Waals surface area contributed by atoms with Crippen LogP contribution in [-0.4, -0.2) is 4.98 Å². The molecule has 22 heavy (non-hydrogen) atoms. The largest absolute Gasteiger partial charge is 0.489 e. The fraction of sp³-hybridized carbons (Fsp3) is 0.118. The van der Waals surface area contributed by atoms with Gasteiger partial charge < -0.3 is 15.5 Å². The van der Waals surface area contributed by atoms with Crippen molar-refractivity contribution < 1.29 is 9.13 Å². The number of pyridine rings is 1. The highest BCUT2D eigenvalue weighted by molar-refractivity contribution is 5.80. The van der Waals surface area contributed by atoms with E-state index in [9.17, 15) is 9.18 Å². The minimum absolute atomic E-state index is 0.106. The van der Waals surface area contributed by atoms with Crippen LogP contribution in [0, 0.1) is 5.82 Å². The third-order valence-corrected chi connectivity index (χ3v) is 3.37. The molecular weight excluding hydrogens is 283 g/mol. The van der Waals surface area contributed by atoms with Gasteiger partial charge in [0, 0.05) is 29.2 Å². The van der Waals surface area contributed by atoms with Gasteiger partial charge in [-0.2, -0.15) is 0 Å². The third kappa shape index (κ3) is 2.99. The summed E-state index contributed by atoms with van der Waals surface area (Å²) in [5.74, 6) is 0.258. The van der Waals surface area contributed by atoms with Crippen LogP contribution in [-0.2, 0) is 13.2 Å². The Balaban J connectivity index is 1.86. The zero-order valence-electron chi connectivity index (χ0n) is 11.8. The van der Waals surface area contributed by atoms with E-state index in [1.165, 1.54) is 18.2 Å². The lowest BCUT2D eigenvalue weighted by atomic mass is 10.2. The molecule has 0 atom stereocenters. The molecule has 3 rings (SSSR count). The first-order chi connectivity index (χ1) is 10.7. The van der Waals surface area contributed by atoms with Crippen LogP contribution >= 0.6 is 0 Å². The van der Waals surface area contributed by atoms with E-state index < -0.39 is 0 Å². The highest BCUT2D eigenvalue weighted by atomic mass is 19.1. The lowest BCUT2D eigenvalue weighted by Gasteiger charge is -2.08. The molecule has 0 spiro atoms. The van der Waals surface area contributed by atoms with E-state index in [4.69, 9.17) is 10.5 Å². The average molecular weight is 298 g/mol. The van der Waals surface area contributed by atoms with E-state index in [-0.39, 0.29) is 24.4 Å². The molecule has 0 radical (unpaired) electrons. The molecule has 1 heterocycles. The molecule has 0 saturated carbocycles. The van der Waals surface area contributed by atoms with Gasteiger partial charge in [-0.25, -0.2) is 4.39 Å². The van der Waals surface area contributed by atoms with Crippen molar-refractivity contribution in [2.24, 2.45) is 5.73 Å². The van der Waals surface area contributed by atoms with Crippen molar-refractivity contribution >= 4 is 10.9 Å². The number of nitrogens with two attached hydrogens (primary N) is 1. The summed E-state index contributed by atoms with van der Waals surface area (Å²) in [5, 5.41) is 0.536. The maximum Gasteiger partial charge on any atom is 0.189 e. The first-order valence-electron chi connectivity index (χ1n) is 6.89. The maximum absolute atomic E-state index is 13.1. The molecule has 2 aromatic carbocycles. The Morgan fingerprint density at radius 1 is 1.14 bits per heavy atom. The van der Waals surface area contributed by atoms with Gasteiger partial charge in [-0.1, -0.05) is 12.1 Å². The van der Waals surface area contributed by atoms with Crippen LogP contribution in [0.4, 0.5) is 4.39 Å². The van der Waals surface area contributed by atoms with Crippen molar-refractivity contribution in [2.75, 3.05) is 0 Å². The molecule has 1 aromatic heterocycles. The summed E-state index contributed by atoms with van der Waals surface area (Å²) < 4.78 is 18.7. The fourth-order valence-electron chi connectivity index (χ4n) is 2.27. The Morgan fingerprint density at radius 2 is 2.00 bits per heavy atom. The van der Waals surface area contributed by atoms with Gasteiger partial charge in [0.25, 0.3) is 0 Å². The summed E-state index contributed by atoms with van der Waals surface area (Å²) in [4.78, 5) is 15.1. The van der Waals surface area contributed by atoms with Crippen molar-refractivity contribution in [3.8, 4) is 5.75 Å². The number of halogens is 1. The highest BCUT2D eigenvalue weighted by Gasteiger charge is 2.04. The summed E-state index contributed by atoms with van der Waals surface area (Å²) in [6.45, 7) is 0.519. The number of aromatic nitrogens is 1. The van der Waals surface area contributed by atoms with Gasteiger partial charge in [0.15, 0.2) is 5.43 Å². The van der Waals surface area contributed by atoms with Gasteiger partial charge in [-0.15, -0.1) is 0 Å². The average Bonchev–Trinajstić information content (AvgIpc) is 2.53. The first-order valence-corrected chi connectivity index (χ1v) is 6.89. The maximum atomic E-state index is 13.1. The minimum atomic E-state index is -0.301. The normalized spacial score (nSPS) is 10.8. The van der Waals surface area contributed by atoms with Crippen LogP contribution in [0.25, 0.3) is 10.9 Å². The Kier molecular flexibility index (Phi) is 3.89. The Labute approximate surface area is 126 Å². The Morgan fingerprint density at radius 3 is 2.77 bits per heavy atom. The number of ether oxygens (including phenoxy) is 1. The predicted molar refractivity (Wildman–Crippen MR) is 83.2 cm³/mol. The zero-order valence-corrected chi connectivity index (χ0v) is 11.8. The monoisotopic (exact) mass is 298 g/mol. The molecule has 0 saturated heterocycles. The zero-order chi connectivity index (χ0) is 15.5. The van der Waals surface area contributed by atoms with Crippen LogP contribution < -0.4 is 15.9 Å². The number of H-pyrrole nitrogens is 1. The van der Waals surface area contributed by atoms with Crippen LogP contribution in [0.2, 0.25) is 0 Å². The fourth-order valence-corrected chi connectivity index (χ4v) is 2.27. The van der Waals surface area contributed by atoms with Gasteiger partial charge in [-0.05, 0) is 35.9 Å². The minimum Gasteiger partial charge on any atom is -0.489 e. The highest BCUT2D eigenvalue weighted by Crippen LogP contribution is 2.18. The SMILES string of the molecule is NCc1cc(=O)c2cc(OCc3cccc(F)c3)ccc2[nH]1. The quantitative estimate of drug-likeness (QED) is 0.778. The van der Waals surface area contributed by atoms with Crippen LogP contribution in [0.3, 0.4) is 0 Å². The second kappa shape index (κ2) is 5.99.